The Labute approximate surface area is 155 Å². The summed E-state index contributed by atoms with van der Waals surface area (Å²) in [6.07, 6.45) is 1.59. The first kappa shape index (κ1) is 17.9. The van der Waals surface area contributed by atoms with Crippen molar-refractivity contribution in [2.24, 2.45) is 0 Å². The van der Waals surface area contributed by atoms with Crippen molar-refractivity contribution in [1.29, 1.82) is 0 Å². The van der Waals surface area contributed by atoms with E-state index in [9.17, 15) is 19.5 Å². The number of phenolic OH excluding ortho intramolecular Hbond substituents is 1. The summed E-state index contributed by atoms with van der Waals surface area (Å²) >= 11 is 5.87. The van der Waals surface area contributed by atoms with Gasteiger partial charge in [0.15, 0.2) is 0 Å². The van der Waals surface area contributed by atoms with E-state index in [1.807, 2.05) is 6.92 Å². The molecule has 1 aliphatic rings. The van der Waals surface area contributed by atoms with E-state index in [1.165, 1.54) is 41.3 Å². The quantitative estimate of drug-likeness (QED) is 0.619. The molecule has 2 aromatic rings. The van der Waals surface area contributed by atoms with Crippen LogP contribution in [0.3, 0.4) is 0 Å². The van der Waals surface area contributed by atoms with E-state index in [-0.39, 0.29) is 28.5 Å². The molecule has 3 rings (SSSR count). The van der Waals surface area contributed by atoms with Crippen LogP contribution in [0.5, 0.6) is 5.75 Å². The number of phenols is 1. The van der Waals surface area contributed by atoms with Crippen LogP contribution in [0.25, 0.3) is 0 Å². The molecule has 0 aliphatic carbocycles. The van der Waals surface area contributed by atoms with Crippen molar-refractivity contribution in [1.82, 2.24) is 4.90 Å². The Bertz CT molecular complexity index is 910. The average molecular weight is 373 g/mol. The van der Waals surface area contributed by atoms with Crippen LogP contribution in [0.4, 0.5) is 5.69 Å². The van der Waals surface area contributed by atoms with Crippen molar-refractivity contribution >= 4 is 35.0 Å². The molecule has 2 N–H and O–H groups in total. The van der Waals surface area contributed by atoms with E-state index < -0.39 is 11.8 Å². The number of anilines is 1. The lowest BCUT2D eigenvalue weighted by Gasteiger charge is -2.12. The molecule has 2 aromatic carbocycles. The zero-order valence-corrected chi connectivity index (χ0v) is 14.8. The summed E-state index contributed by atoms with van der Waals surface area (Å²) in [5, 5.41) is 12.7. The maximum atomic E-state index is 12.5. The zero-order chi connectivity index (χ0) is 18.8. The van der Waals surface area contributed by atoms with Crippen molar-refractivity contribution in [2.45, 2.75) is 19.8 Å². The lowest BCUT2D eigenvalue weighted by Crippen LogP contribution is -2.30. The summed E-state index contributed by atoms with van der Waals surface area (Å²) in [6, 6.07) is 8.64. The van der Waals surface area contributed by atoms with Crippen LogP contribution in [0.2, 0.25) is 5.02 Å². The van der Waals surface area contributed by atoms with Gasteiger partial charge in [-0.05, 0) is 42.8 Å². The van der Waals surface area contributed by atoms with E-state index in [1.54, 1.807) is 0 Å². The number of rotatable bonds is 5. The van der Waals surface area contributed by atoms with Crippen molar-refractivity contribution in [2.75, 3.05) is 11.9 Å². The number of hydrogen-bond acceptors (Lipinski definition) is 4. The van der Waals surface area contributed by atoms with Gasteiger partial charge in [0.2, 0.25) is 0 Å². The third-order valence-electron chi connectivity index (χ3n) is 4.17. The molecule has 0 bridgehead atoms. The van der Waals surface area contributed by atoms with Crippen LogP contribution in [0.15, 0.2) is 36.4 Å². The Morgan fingerprint density at radius 3 is 2.58 bits per heavy atom. The molecular weight excluding hydrogens is 356 g/mol. The first-order chi connectivity index (χ1) is 12.4. The Morgan fingerprint density at radius 1 is 1.12 bits per heavy atom. The second-order valence-electron chi connectivity index (χ2n) is 5.99. The molecule has 0 fully saturated rings. The largest absolute Gasteiger partial charge is 0.506 e. The summed E-state index contributed by atoms with van der Waals surface area (Å²) < 4.78 is 0. The number of fused-ring (bicyclic) bond motifs is 1. The van der Waals surface area contributed by atoms with Crippen LogP contribution in [-0.4, -0.2) is 34.3 Å². The molecule has 1 heterocycles. The number of aromatic hydroxyl groups is 1. The first-order valence-electron chi connectivity index (χ1n) is 8.22. The molecule has 0 spiro atoms. The number of halogens is 1. The number of hydrogen-bond donors (Lipinski definition) is 2. The molecule has 26 heavy (non-hydrogen) atoms. The number of amides is 3. The average Bonchev–Trinajstić information content (AvgIpc) is 2.86. The van der Waals surface area contributed by atoms with Crippen molar-refractivity contribution in [3.05, 3.63) is 58.1 Å². The van der Waals surface area contributed by atoms with Gasteiger partial charge in [0.1, 0.15) is 5.75 Å². The predicted molar refractivity (Wildman–Crippen MR) is 97.8 cm³/mol. The van der Waals surface area contributed by atoms with E-state index in [0.717, 1.165) is 12.8 Å². The molecule has 0 saturated carbocycles. The Balaban J connectivity index is 1.85. The second-order valence-corrected chi connectivity index (χ2v) is 6.43. The maximum Gasteiger partial charge on any atom is 0.261 e. The number of imide groups is 1. The lowest BCUT2D eigenvalue weighted by atomic mass is 10.1. The van der Waals surface area contributed by atoms with Crippen LogP contribution in [0, 0.1) is 0 Å². The van der Waals surface area contributed by atoms with Gasteiger partial charge in [0.25, 0.3) is 17.7 Å². The highest BCUT2D eigenvalue weighted by Crippen LogP contribution is 2.28. The van der Waals surface area contributed by atoms with Gasteiger partial charge in [-0.2, -0.15) is 0 Å². The van der Waals surface area contributed by atoms with Gasteiger partial charge in [-0.25, -0.2) is 0 Å². The smallest absolute Gasteiger partial charge is 0.261 e. The molecule has 1 aliphatic heterocycles. The molecule has 0 aromatic heterocycles. The number of nitrogens with one attached hydrogen (secondary N) is 1. The fourth-order valence-corrected chi connectivity index (χ4v) is 2.93. The number of unbranched alkanes of at least 4 members (excludes halogenated alkanes) is 1. The molecule has 0 atom stereocenters. The fourth-order valence-electron chi connectivity index (χ4n) is 2.75. The summed E-state index contributed by atoms with van der Waals surface area (Å²) in [7, 11) is 0. The minimum atomic E-state index is -0.516. The van der Waals surface area contributed by atoms with E-state index in [2.05, 4.69) is 5.32 Å². The lowest BCUT2D eigenvalue weighted by molar-refractivity contribution is 0.0652. The molecule has 0 saturated heterocycles. The Kier molecular flexibility index (Phi) is 4.95. The minimum absolute atomic E-state index is 0.124. The molecule has 6 nitrogen and oxygen atoms in total. The van der Waals surface area contributed by atoms with Crippen molar-refractivity contribution < 1.29 is 19.5 Å². The SMILES string of the molecule is CCCCN1C(=O)c2ccc(C(=O)Nc3cc(Cl)ccc3O)cc2C1=O. The highest BCUT2D eigenvalue weighted by Gasteiger charge is 2.35. The van der Waals surface area contributed by atoms with Crippen molar-refractivity contribution in [3.8, 4) is 5.75 Å². The Hall–Kier alpha value is -2.86. The highest BCUT2D eigenvalue weighted by atomic mass is 35.5. The number of carbonyl (C=O) groups is 3. The van der Waals surface area contributed by atoms with Gasteiger partial charge < -0.3 is 10.4 Å². The number of carbonyl (C=O) groups excluding carboxylic acids is 3. The van der Waals surface area contributed by atoms with Crippen LogP contribution in [-0.2, 0) is 0 Å². The van der Waals surface area contributed by atoms with Gasteiger partial charge in [-0.3, -0.25) is 19.3 Å². The normalized spacial score (nSPS) is 13.1. The summed E-state index contributed by atoms with van der Waals surface area (Å²) in [6.45, 7) is 2.34. The van der Waals surface area contributed by atoms with Gasteiger partial charge in [-0.15, -0.1) is 0 Å². The van der Waals surface area contributed by atoms with Gasteiger partial charge in [-0.1, -0.05) is 24.9 Å². The van der Waals surface area contributed by atoms with E-state index >= 15 is 0 Å². The van der Waals surface area contributed by atoms with Crippen LogP contribution >= 0.6 is 11.6 Å². The molecule has 0 unspecified atom stereocenters. The summed E-state index contributed by atoms with van der Waals surface area (Å²) in [5.74, 6) is -1.37. The molecule has 3 amide bonds. The van der Waals surface area contributed by atoms with Gasteiger partial charge in [0, 0.05) is 17.1 Å². The molecule has 134 valence electrons. The van der Waals surface area contributed by atoms with Gasteiger partial charge >= 0.3 is 0 Å². The van der Waals surface area contributed by atoms with Crippen LogP contribution in [0.1, 0.15) is 50.8 Å². The van der Waals surface area contributed by atoms with Crippen molar-refractivity contribution in [3.63, 3.8) is 0 Å². The standard InChI is InChI=1S/C19H17ClN2O4/c1-2-3-8-22-18(25)13-6-4-11(9-14(13)19(22)26)17(24)21-15-10-12(20)5-7-16(15)23/h4-7,9-10,23H,2-3,8H2,1H3,(H,21,24). The topological polar surface area (TPSA) is 86.7 Å². The minimum Gasteiger partial charge on any atom is -0.506 e. The zero-order valence-electron chi connectivity index (χ0n) is 14.1. The van der Waals surface area contributed by atoms with E-state index in [0.29, 0.717) is 17.1 Å². The molecule has 7 heteroatoms. The second kappa shape index (κ2) is 7.17. The maximum absolute atomic E-state index is 12.5. The summed E-state index contributed by atoms with van der Waals surface area (Å²) in [5.41, 5.74) is 0.888. The van der Waals surface area contributed by atoms with E-state index in [4.69, 9.17) is 11.6 Å². The molecular formula is C19H17ClN2O4. The Morgan fingerprint density at radius 2 is 1.85 bits per heavy atom. The fraction of sp³-hybridized carbons (Fsp3) is 0.211. The number of benzene rings is 2. The first-order valence-corrected chi connectivity index (χ1v) is 8.60. The predicted octanol–water partition coefficient (Wildman–Crippen LogP) is 3.69. The summed E-state index contributed by atoms with van der Waals surface area (Å²) in [4.78, 5) is 38.4. The molecule has 0 radical (unpaired) electrons. The highest BCUT2D eigenvalue weighted by molar-refractivity contribution is 6.31. The number of nitrogens with zero attached hydrogens (tertiary/aromatic N) is 1. The third kappa shape index (κ3) is 3.28. The van der Waals surface area contributed by atoms with Gasteiger partial charge in [0.05, 0.1) is 16.8 Å². The third-order valence-corrected chi connectivity index (χ3v) is 4.41. The van der Waals surface area contributed by atoms with Crippen LogP contribution < -0.4 is 5.32 Å². The monoisotopic (exact) mass is 372 g/mol.